The molecular formula is C13H12BrNO2. The molecule has 1 heterocycles. The predicted molar refractivity (Wildman–Crippen MR) is 68.2 cm³/mol. The lowest BCUT2D eigenvalue weighted by atomic mass is 10.1. The van der Waals surface area contributed by atoms with E-state index in [4.69, 9.17) is 0 Å². The summed E-state index contributed by atoms with van der Waals surface area (Å²) in [6, 6.07) is 5.38. The third-order valence-corrected chi connectivity index (χ3v) is 4.04. The van der Waals surface area contributed by atoms with Gasteiger partial charge in [-0.3, -0.25) is 9.59 Å². The number of benzene rings is 1. The number of nitrogens with zero attached hydrogens (tertiary/aromatic N) is 1. The van der Waals surface area contributed by atoms with E-state index in [0.717, 1.165) is 22.5 Å². The molecule has 1 saturated carbocycles. The van der Waals surface area contributed by atoms with Gasteiger partial charge in [0.25, 0.3) is 11.7 Å². The SMILES string of the molecule is O=C1C(=O)N(CCC2CC2)c2c(Br)cccc21. The number of carbonyl (C=O) groups excluding carboxylic acids is 2. The van der Waals surface area contributed by atoms with Crippen LogP contribution in [-0.4, -0.2) is 18.2 Å². The second kappa shape index (κ2) is 3.95. The standard InChI is InChI=1S/C13H12BrNO2/c14-10-3-1-2-9-11(10)15(13(17)12(9)16)7-6-8-4-5-8/h1-3,8H,4-7H2. The molecule has 1 fully saturated rings. The number of fused-ring (bicyclic) bond motifs is 1. The van der Waals surface area contributed by atoms with Crippen LogP contribution in [0.5, 0.6) is 0 Å². The van der Waals surface area contributed by atoms with Crippen molar-refractivity contribution in [2.75, 3.05) is 11.4 Å². The lowest BCUT2D eigenvalue weighted by Crippen LogP contribution is -2.31. The zero-order valence-corrected chi connectivity index (χ0v) is 10.9. The van der Waals surface area contributed by atoms with Gasteiger partial charge in [0.2, 0.25) is 0 Å². The Kier molecular flexibility index (Phi) is 2.54. The van der Waals surface area contributed by atoms with Gasteiger partial charge in [-0.1, -0.05) is 18.9 Å². The maximum absolute atomic E-state index is 11.9. The molecule has 0 bridgehead atoms. The Balaban J connectivity index is 1.93. The topological polar surface area (TPSA) is 37.4 Å². The smallest absolute Gasteiger partial charge is 0.299 e. The second-order valence-corrected chi connectivity index (χ2v) is 5.51. The summed E-state index contributed by atoms with van der Waals surface area (Å²) < 4.78 is 0.824. The molecule has 0 spiro atoms. The van der Waals surface area contributed by atoms with Crippen LogP contribution in [0.15, 0.2) is 22.7 Å². The number of amides is 1. The molecular weight excluding hydrogens is 282 g/mol. The Morgan fingerprint density at radius 2 is 2.06 bits per heavy atom. The van der Waals surface area contributed by atoms with Crippen LogP contribution in [-0.2, 0) is 4.79 Å². The Hall–Kier alpha value is -1.16. The van der Waals surface area contributed by atoms with E-state index in [1.54, 1.807) is 17.0 Å². The molecule has 0 N–H and O–H groups in total. The number of para-hydroxylation sites is 1. The van der Waals surface area contributed by atoms with Crippen molar-refractivity contribution in [3.8, 4) is 0 Å². The van der Waals surface area contributed by atoms with E-state index in [9.17, 15) is 9.59 Å². The van der Waals surface area contributed by atoms with E-state index in [1.165, 1.54) is 12.8 Å². The molecule has 2 aliphatic rings. The molecule has 88 valence electrons. The molecule has 0 unspecified atom stereocenters. The molecule has 0 aromatic heterocycles. The molecule has 0 atom stereocenters. The summed E-state index contributed by atoms with van der Waals surface area (Å²) in [6.45, 7) is 0.658. The molecule has 1 aliphatic heterocycles. The van der Waals surface area contributed by atoms with Crippen molar-refractivity contribution < 1.29 is 9.59 Å². The average molecular weight is 294 g/mol. The van der Waals surface area contributed by atoms with Crippen molar-refractivity contribution >= 4 is 33.3 Å². The van der Waals surface area contributed by atoms with Gasteiger partial charge in [-0.15, -0.1) is 0 Å². The Labute approximate surface area is 108 Å². The number of Topliss-reactive ketones (excluding diaryl/α,β-unsaturated/α-hetero) is 1. The molecule has 1 aliphatic carbocycles. The fourth-order valence-electron chi connectivity index (χ4n) is 2.24. The molecule has 0 radical (unpaired) electrons. The summed E-state index contributed by atoms with van der Waals surface area (Å²) in [5.41, 5.74) is 1.28. The zero-order chi connectivity index (χ0) is 12.0. The largest absolute Gasteiger partial charge is 0.304 e. The summed E-state index contributed by atoms with van der Waals surface area (Å²) in [6.07, 6.45) is 3.53. The molecule has 17 heavy (non-hydrogen) atoms. The van der Waals surface area contributed by atoms with Crippen molar-refractivity contribution in [3.05, 3.63) is 28.2 Å². The molecule has 3 rings (SSSR count). The van der Waals surface area contributed by atoms with Gasteiger partial charge in [-0.2, -0.15) is 0 Å². The van der Waals surface area contributed by atoms with Gasteiger partial charge in [0, 0.05) is 11.0 Å². The first-order valence-corrected chi connectivity index (χ1v) is 6.62. The van der Waals surface area contributed by atoms with E-state index in [0.29, 0.717) is 12.1 Å². The first-order chi connectivity index (χ1) is 8.18. The molecule has 1 aromatic rings. The second-order valence-electron chi connectivity index (χ2n) is 4.65. The fourth-order valence-corrected chi connectivity index (χ4v) is 2.82. The van der Waals surface area contributed by atoms with E-state index >= 15 is 0 Å². The summed E-state index contributed by atoms with van der Waals surface area (Å²) in [7, 11) is 0. The third kappa shape index (κ3) is 1.80. The number of hydrogen-bond donors (Lipinski definition) is 0. The first kappa shape index (κ1) is 11.0. The zero-order valence-electron chi connectivity index (χ0n) is 9.28. The minimum absolute atomic E-state index is 0.378. The normalized spacial score (nSPS) is 18.8. The fraction of sp³-hybridized carbons (Fsp3) is 0.385. The number of rotatable bonds is 3. The summed E-state index contributed by atoms with van der Waals surface area (Å²) >= 11 is 3.42. The lowest BCUT2D eigenvalue weighted by Gasteiger charge is -2.17. The van der Waals surface area contributed by atoms with Crippen molar-refractivity contribution in [2.45, 2.75) is 19.3 Å². The summed E-state index contributed by atoms with van der Waals surface area (Å²) in [5.74, 6) is -0.00548. The van der Waals surface area contributed by atoms with E-state index in [1.807, 2.05) is 6.07 Å². The molecule has 0 saturated heterocycles. The Morgan fingerprint density at radius 1 is 1.29 bits per heavy atom. The van der Waals surface area contributed by atoms with Gasteiger partial charge in [0.05, 0.1) is 11.3 Å². The first-order valence-electron chi connectivity index (χ1n) is 5.83. The number of ketones is 1. The van der Waals surface area contributed by atoms with Crippen molar-refractivity contribution in [3.63, 3.8) is 0 Å². The van der Waals surface area contributed by atoms with Crippen LogP contribution in [0.3, 0.4) is 0 Å². The summed E-state index contributed by atoms with van der Waals surface area (Å²) in [4.78, 5) is 25.3. The van der Waals surface area contributed by atoms with Gasteiger partial charge < -0.3 is 4.90 Å². The monoisotopic (exact) mass is 293 g/mol. The molecule has 3 nitrogen and oxygen atoms in total. The van der Waals surface area contributed by atoms with Gasteiger partial charge in [-0.05, 0) is 40.4 Å². The highest BCUT2D eigenvalue weighted by Gasteiger charge is 2.37. The van der Waals surface area contributed by atoms with Crippen LogP contribution < -0.4 is 4.90 Å². The highest BCUT2D eigenvalue weighted by molar-refractivity contribution is 9.10. The van der Waals surface area contributed by atoms with E-state index < -0.39 is 0 Å². The number of halogens is 1. The van der Waals surface area contributed by atoms with Crippen molar-refractivity contribution in [1.82, 2.24) is 0 Å². The maximum Gasteiger partial charge on any atom is 0.299 e. The number of anilines is 1. The van der Waals surface area contributed by atoms with Crippen LogP contribution in [0.1, 0.15) is 29.6 Å². The van der Waals surface area contributed by atoms with Crippen molar-refractivity contribution in [1.29, 1.82) is 0 Å². The van der Waals surface area contributed by atoms with Crippen LogP contribution in [0, 0.1) is 5.92 Å². The minimum Gasteiger partial charge on any atom is -0.304 e. The minimum atomic E-state index is -0.382. The third-order valence-electron chi connectivity index (χ3n) is 3.40. The number of hydrogen-bond acceptors (Lipinski definition) is 2. The average Bonchev–Trinajstić information content (AvgIpc) is 3.10. The Bertz CT molecular complexity index is 508. The maximum atomic E-state index is 11.9. The van der Waals surface area contributed by atoms with Crippen molar-refractivity contribution in [2.24, 2.45) is 5.92 Å². The van der Waals surface area contributed by atoms with Gasteiger partial charge in [0.15, 0.2) is 0 Å². The number of carbonyl (C=O) groups is 2. The highest BCUT2D eigenvalue weighted by Crippen LogP contribution is 2.38. The van der Waals surface area contributed by atoms with Crippen LogP contribution in [0.4, 0.5) is 5.69 Å². The molecule has 4 heteroatoms. The molecule has 1 aromatic carbocycles. The Morgan fingerprint density at radius 3 is 2.76 bits per heavy atom. The van der Waals surface area contributed by atoms with Gasteiger partial charge in [-0.25, -0.2) is 0 Å². The van der Waals surface area contributed by atoms with Gasteiger partial charge in [0.1, 0.15) is 0 Å². The van der Waals surface area contributed by atoms with Crippen LogP contribution >= 0.6 is 15.9 Å². The van der Waals surface area contributed by atoms with E-state index in [-0.39, 0.29) is 11.7 Å². The van der Waals surface area contributed by atoms with Gasteiger partial charge >= 0.3 is 0 Å². The predicted octanol–water partition coefficient (Wildman–Crippen LogP) is 2.78. The summed E-state index contributed by atoms with van der Waals surface area (Å²) in [5, 5.41) is 0. The highest BCUT2D eigenvalue weighted by atomic mass is 79.9. The van der Waals surface area contributed by atoms with E-state index in [2.05, 4.69) is 15.9 Å². The molecule has 1 amide bonds. The quantitative estimate of drug-likeness (QED) is 0.804. The van der Waals surface area contributed by atoms with Crippen LogP contribution in [0.25, 0.3) is 0 Å². The van der Waals surface area contributed by atoms with Crippen LogP contribution in [0.2, 0.25) is 0 Å². The lowest BCUT2D eigenvalue weighted by molar-refractivity contribution is -0.114.